The van der Waals surface area contributed by atoms with Crippen molar-refractivity contribution in [3.8, 4) is 0 Å². The number of nitrogens with two attached hydrogens (primary N) is 2. The second kappa shape index (κ2) is 8.97. The molecule has 0 radical (unpaired) electrons. The molecule has 0 saturated carbocycles. The van der Waals surface area contributed by atoms with Gasteiger partial charge in [0.05, 0.1) is 0 Å². The lowest BCUT2D eigenvalue weighted by Gasteiger charge is -2.24. The van der Waals surface area contributed by atoms with Crippen molar-refractivity contribution in [3.63, 3.8) is 0 Å². The van der Waals surface area contributed by atoms with Gasteiger partial charge in [-0.2, -0.15) is 0 Å². The third-order valence-electron chi connectivity index (χ3n) is 5.41. The Labute approximate surface area is 169 Å². The minimum atomic E-state index is 0.338. The van der Waals surface area contributed by atoms with Gasteiger partial charge in [-0.15, -0.1) is 0 Å². The highest BCUT2D eigenvalue weighted by Gasteiger charge is 2.20. The molecule has 1 atom stereocenters. The summed E-state index contributed by atoms with van der Waals surface area (Å²) in [6, 6.07) is 23.3. The maximum atomic E-state index is 6.69. The first-order chi connectivity index (χ1) is 13.5. The monoisotopic (exact) mass is 372 g/mol. The third-order valence-corrected chi connectivity index (χ3v) is 5.41. The molecule has 0 bridgehead atoms. The van der Waals surface area contributed by atoms with Crippen LogP contribution in [-0.2, 0) is 12.8 Å². The Balaban J connectivity index is 2.06. The molecular weight excluding hydrogens is 340 g/mol. The molecule has 3 aromatic carbocycles. The Morgan fingerprint density at radius 3 is 1.50 bits per heavy atom. The highest BCUT2D eigenvalue weighted by Crippen LogP contribution is 2.38. The van der Waals surface area contributed by atoms with Crippen molar-refractivity contribution in [2.45, 2.75) is 46.0 Å². The minimum Gasteiger partial charge on any atom is -0.398 e. The average molecular weight is 373 g/mol. The van der Waals surface area contributed by atoms with E-state index in [0.717, 1.165) is 36.2 Å². The van der Waals surface area contributed by atoms with Crippen LogP contribution in [0.2, 0.25) is 0 Å². The van der Waals surface area contributed by atoms with E-state index in [2.05, 4.69) is 75.4 Å². The van der Waals surface area contributed by atoms with E-state index in [-0.39, 0.29) is 0 Å². The first kappa shape index (κ1) is 20.0. The first-order valence-electron chi connectivity index (χ1n) is 10.2. The van der Waals surface area contributed by atoms with Crippen LogP contribution in [0.3, 0.4) is 0 Å². The molecule has 3 aromatic rings. The zero-order chi connectivity index (χ0) is 20.1. The summed E-state index contributed by atoms with van der Waals surface area (Å²) in [5.41, 5.74) is 21.1. The quantitative estimate of drug-likeness (QED) is 0.486. The number of benzene rings is 3. The van der Waals surface area contributed by atoms with Crippen molar-refractivity contribution < 1.29 is 0 Å². The molecule has 1 unspecified atom stereocenters. The van der Waals surface area contributed by atoms with Gasteiger partial charge in [0, 0.05) is 16.9 Å². The van der Waals surface area contributed by atoms with Crippen LogP contribution in [0, 0.1) is 5.92 Å². The maximum Gasteiger partial charge on any atom is 0.0406 e. The lowest BCUT2D eigenvalue weighted by molar-refractivity contribution is 0.525. The second-order valence-corrected chi connectivity index (χ2v) is 8.29. The summed E-state index contributed by atoms with van der Waals surface area (Å²) < 4.78 is 0. The number of hydrogen-bond donors (Lipinski definition) is 2. The molecule has 0 aromatic heterocycles. The lowest BCUT2D eigenvalue weighted by Crippen LogP contribution is -2.12. The van der Waals surface area contributed by atoms with Crippen molar-refractivity contribution in [1.29, 1.82) is 0 Å². The molecule has 0 aliphatic rings. The third kappa shape index (κ3) is 4.75. The predicted molar refractivity (Wildman–Crippen MR) is 122 cm³/mol. The molecule has 2 heteroatoms. The van der Waals surface area contributed by atoms with Crippen molar-refractivity contribution in [2.24, 2.45) is 5.92 Å². The van der Waals surface area contributed by atoms with Crippen LogP contribution in [0.15, 0.2) is 66.7 Å². The van der Waals surface area contributed by atoms with E-state index in [1.54, 1.807) is 0 Å². The summed E-state index contributed by atoms with van der Waals surface area (Å²) in [4.78, 5) is 0. The molecule has 0 heterocycles. The highest BCUT2D eigenvalue weighted by atomic mass is 14.6. The Morgan fingerprint density at radius 1 is 0.679 bits per heavy atom. The SMILES string of the molecule is CC(C)CC(C)c1c(N)c(Cc2ccccc2)cc(Cc2ccccc2)c1N. The highest BCUT2D eigenvalue weighted by molar-refractivity contribution is 5.71. The number of nitrogen functional groups attached to an aromatic ring is 2. The summed E-state index contributed by atoms with van der Waals surface area (Å²) in [7, 11) is 0. The van der Waals surface area contributed by atoms with Gasteiger partial charge in [0.2, 0.25) is 0 Å². The standard InChI is InChI=1S/C26H32N2/c1-18(2)14-19(3)24-25(27)22(15-20-10-6-4-7-11-20)17-23(26(24)28)16-21-12-8-5-9-13-21/h4-13,17-19H,14-16,27-28H2,1-3H3. The van der Waals surface area contributed by atoms with E-state index in [4.69, 9.17) is 11.5 Å². The topological polar surface area (TPSA) is 52.0 Å². The van der Waals surface area contributed by atoms with Crippen LogP contribution in [-0.4, -0.2) is 0 Å². The fraction of sp³-hybridized carbons (Fsp3) is 0.308. The molecule has 0 spiro atoms. The van der Waals surface area contributed by atoms with E-state index in [1.807, 2.05) is 12.1 Å². The molecule has 4 N–H and O–H groups in total. The fourth-order valence-electron chi connectivity index (χ4n) is 4.14. The summed E-state index contributed by atoms with van der Waals surface area (Å²) in [5, 5.41) is 0. The summed E-state index contributed by atoms with van der Waals surface area (Å²) >= 11 is 0. The van der Waals surface area contributed by atoms with Crippen molar-refractivity contribution in [1.82, 2.24) is 0 Å². The summed E-state index contributed by atoms with van der Waals surface area (Å²) in [6.45, 7) is 6.75. The van der Waals surface area contributed by atoms with E-state index in [1.165, 1.54) is 22.3 Å². The van der Waals surface area contributed by atoms with Gasteiger partial charge >= 0.3 is 0 Å². The Kier molecular flexibility index (Phi) is 6.41. The van der Waals surface area contributed by atoms with Gasteiger partial charge in [0.25, 0.3) is 0 Å². The van der Waals surface area contributed by atoms with E-state index < -0.39 is 0 Å². The second-order valence-electron chi connectivity index (χ2n) is 8.29. The molecule has 0 aliphatic carbocycles. The number of hydrogen-bond acceptors (Lipinski definition) is 2. The van der Waals surface area contributed by atoms with Crippen LogP contribution < -0.4 is 11.5 Å². The molecule has 2 nitrogen and oxygen atoms in total. The largest absolute Gasteiger partial charge is 0.398 e. The Bertz CT molecular complexity index is 833. The average Bonchev–Trinajstić information content (AvgIpc) is 2.67. The maximum absolute atomic E-state index is 6.69. The van der Waals surface area contributed by atoms with Crippen LogP contribution in [0.25, 0.3) is 0 Å². The fourth-order valence-corrected chi connectivity index (χ4v) is 4.14. The van der Waals surface area contributed by atoms with E-state index in [0.29, 0.717) is 11.8 Å². The van der Waals surface area contributed by atoms with Gasteiger partial charge in [-0.1, -0.05) is 87.5 Å². The summed E-state index contributed by atoms with van der Waals surface area (Å²) in [5.74, 6) is 0.939. The van der Waals surface area contributed by atoms with Gasteiger partial charge in [0.1, 0.15) is 0 Å². The van der Waals surface area contributed by atoms with Crippen LogP contribution in [0.5, 0.6) is 0 Å². The Morgan fingerprint density at radius 2 is 1.11 bits per heavy atom. The predicted octanol–water partition coefficient (Wildman–Crippen LogP) is 6.18. The van der Waals surface area contributed by atoms with Crippen molar-refractivity contribution in [2.75, 3.05) is 11.5 Å². The zero-order valence-corrected chi connectivity index (χ0v) is 17.3. The van der Waals surface area contributed by atoms with Gasteiger partial charge < -0.3 is 11.5 Å². The van der Waals surface area contributed by atoms with Crippen molar-refractivity contribution >= 4 is 11.4 Å². The molecule has 146 valence electrons. The number of rotatable bonds is 7. The van der Waals surface area contributed by atoms with Crippen molar-refractivity contribution in [3.05, 3.63) is 94.5 Å². The minimum absolute atomic E-state index is 0.338. The zero-order valence-electron chi connectivity index (χ0n) is 17.3. The van der Waals surface area contributed by atoms with Crippen LogP contribution in [0.4, 0.5) is 11.4 Å². The van der Waals surface area contributed by atoms with Crippen LogP contribution >= 0.6 is 0 Å². The van der Waals surface area contributed by atoms with Crippen LogP contribution in [0.1, 0.15) is 60.9 Å². The molecule has 28 heavy (non-hydrogen) atoms. The molecular formula is C26H32N2. The van der Waals surface area contributed by atoms with E-state index in [9.17, 15) is 0 Å². The Hall–Kier alpha value is -2.74. The van der Waals surface area contributed by atoms with Gasteiger partial charge in [-0.3, -0.25) is 0 Å². The summed E-state index contributed by atoms with van der Waals surface area (Å²) in [6.07, 6.45) is 2.74. The molecule has 0 aliphatic heterocycles. The van der Waals surface area contributed by atoms with Gasteiger partial charge in [-0.25, -0.2) is 0 Å². The van der Waals surface area contributed by atoms with E-state index >= 15 is 0 Å². The van der Waals surface area contributed by atoms with Gasteiger partial charge in [0.15, 0.2) is 0 Å². The molecule has 0 saturated heterocycles. The smallest absolute Gasteiger partial charge is 0.0406 e. The molecule has 0 amide bonds. The first-order valence-corrected chi connectivity index (χ1v) is 10.2. The number of anilines is 2. The lowest BCUT2D eigenvalue weighted by atomic mass is 9.84. The normalized spacial score (nSPS) is 12.3. The molecule has 0 fully saturated rings. The van der Waals surface area contributed by atoms with Gasteiger partial charge in [-0.05, 0) is 53.4 Å². The molecule has 3 rings (SSSR count).